The average molecular weight is 497 g/mol. The number of hydrogen-bond acceptors (Lipinski definition) is 10. The molecule has 0 saturated carbocycles. The Labute approximate surface area is 197 Å². The molecule has 2 N–H and O–H groups in total. The summed E-state index contributed by atoms with van der Waals surface area (Å²) in [6.07, 6.45) is 0. The summed E-state index contributed by atoms with van der Waals surface area (Å²) >= 11 is 0. The van der Waals surface area contributed by atoms with Crippen LogP contribution in [0.15, 0.2) is 24.3 Å². The smallest absolute Gasteiger partial charge is 0.338 e. The van der Waals surface area contributed by atoms with Gasteiger partial charge < -0.3 is 24.8 Å². The third-order valence-corrected chi connectivity index (χ3v) is 8.83. The van der Waals surface area contributed by atoms with Gasteiger partial charge in [0.15, 0.2) is 15.2 Å². The SMILES string of the molecule is CC(C)(C)C(=O)OCOC(=O)[C@@H]1N2C(=O)[C@H](COC(=O)c3ccc(N)cc3)[C@H]2S(=O)(=O)C1(C)C. The van der Waals surface area contributed by atoms with Gasteiger partial charge in [-0.15, -0.1) is 0 Å². The monoisotopic (exact) mass is 496 g/mol. The van der Waals surface area contributed by atoms with Crippen molar-refractivity contribution in [3.63, 3.8) is 0 Å². The molecule has 2 fully saturated rings. The van der Waals surface area contributed by atoms with Crippen molar-refractivity contribution in [1.82, 2.24) is 4.90 Å². The molecule has 2 saturated heterocycles. The molecule has 2 heterocycles. The first-order valence-corrected chi connectivity index (χ1v) is 12.1. The minimum Gasteiger partial charge on any atom is -0.461 e. The van der Waals surface area contributed by atoms with Crippen molar-refractivity contribution in [2.45, 2.75) is 50.8 Å². The maximum absolute atomic E-state index is 13.2. The molecule has 0 spiro atoms. The number of hydrogen-bond donors (Lipinski definition) is 1. The van der Waals surface area contributed by atoms with Crippen LogP contribution < -0.4 is 5.73 Å². The molecule has 1 aromatic rings. The zero-order valence-electron chi connectivity index (χ0n) is 19.6. The number of ether oxygens (including phenoxy) is 3. The van der Waals surface area contributed by atoms with Crippen LogP contribution in [-0.2, 0) is 38.4 Å². The van der Waals surface area contributed by atoms with Crippen molar-refractivity contribution < 1.29 is 41.8 Å². The molecule has 0 bridgehead atoms. The van der Waals surface area contributed by atoms with Gasteiger partial charge in [0.05, 0.1) is 15.7 Å². The lowest BCUT2D eigenvalue weighted by molar-refractivity contribution is -0.181. The van der Waals surface area contributed by atoms with Crippen LogP contribution in [0.2, 0.25) is 0 Å². The number of β-lactam (4-membered cyclic amide) rings is 1. The molecule has 12 heteroatoms. The Bertz CT molecular complexity index is 1120. The summed E-state index contributed by atoms with van der Waals surface area (Å²) in [4.78, 5) is 50.6. The Balaban J connectivity index is 1.69. The number of carbonyl (C=O) groups is 4. The van der Waals surface area contributed by atoms with Crippen molar-refractivity contribution in [2.24, 2.45) is 11.3 Å². The Morgan fingerprint density at radius 1 is 1.06 bits per heavy atom. The maximum atomic E-state index is 13.2. The fraction of sp³-hybridized carbons (Fsp3) is 0.545. The molecule has 34 heavy (non-hydrogen) atoms. The molecule has 3 atom stereocenters. The lowest BCUT2D eigenvalue weighted by Crippen LogP contribution is -2.65. The van der Waals surface area contributed by atoms with Crippen LogP contribution in [0.3, 0.4) is 0 Å². The first kappa shape index (κ1) is 25.5. The van der Waals surface area contributed by atoms with E-state index in [1.165, 1.54) is 38.1 Å². The summed E-state index contributed by atoms with van der Waals surface area (Å²) in [7, 11) is -4.04. The highest BCUT2D eigenvalue weighted by atomic mass is 32.2. The zero-order chi connectivity index (χ0) is 25.6. The predicted octanol–water partition coefficient (Wildman–Crippen LogP) is 0.876. The van der Waals surface area contributed by atoms with E-state index in [4.69, 9.17) is 19.9 Å². The van der Waals surface area contributed by atoms with E-state index in [-0.39, 0.29) is 5.56 Å². The van der Waals surface area contributed by atoms with Gasteiger partial charge in [-0.25, -0.2) is 18.0 Å². The number of rotatable bonds is 6. The molecule has 1 aromatic carbocycles. The van der Waals surface area contributed by atoms with Crippen molar-refractivity contribution in [2.75, 3.05) is 19.1 Å². The normalized spacial score (nSPS) is 24.6. The Kier molecular flexibility index (Phi) is 6.42. The number of sulfone groups is 1. The molecule has 0 unspecified atom stereocenters. The number of nitrogens with zero attached hydrogens (tertiary/aromatic N) is 1. The Morgan fingerprint density at radius 3 is 2.21 bits per heavy atom. The van der Waals surface area contributed by atoms with Crippen molar-refractivity contribution in [3.05, 3.63) is 29.8 Å². The first-order chi connectivity index (χ1) is 15.6. The summed E-state index contributed by atoms with van der Waals surface area (Å²) < 4.78 is 39.7. The van der Waals surface area contributed by atoms with Crippen LogP contribution in [0.5, 0.6) is 0 Å². The number of anilines is 1. The predicted molar refractivity (Wildman–Crippen MR) is 119 cm³/mol. The van der Waals surface area contributed by atoms with E-state index in [9.17, 15) is 27.6 Å². The first-order valence-electron chi connectivity index (χ1n) is 10.5. The molecular weight excluding hydrogens is 468 g/mol. The summed E-state index contributed by atoms with van der Waals surface area (Å²) in [5, 5.41) is -1.34. The van der Waals surface area contributed by atoms with Crippen LogP contribution in [0, 0.1) is 11.3 Å². The van der Waals surface area contributed by atoms with Gasteiger partial charge in [-0.05, 0) is 58.9 Å². The van der Waals surface area contributed by atoms with Crippen LogP contribution in [0.25, 0.3) is 0 Å². The highest BCUT2D eigenvalue weighted by Crippen LogP contribution is 2.49. The van der Waals surface area contributed by atoms with Gasteiger partial charge in [-0.2, -0.15) is 0 Å². The van der Waals surface area contributed by atoms with Gasteiger partial charge >= 0.3 is 17.9 Å². The second-order valence-corrected chi connectivity index (χ2v) is 12.4. The highest BCUT2D eigenvalue weighted by molar-refractivity contribution is 7.93. The third-order valence-electron chi connectivity index (χ3n) is 5.95. The molecule has 2 aliphatic heterocycles. The fourth-order valence-corrected chi connectivity index (χ4v) is 6.14. The van der Waals surface area contributed by atoms with Gasteiger partial charge in [-0.3, -0.25) is 9.59 Å². The van der Waals surface area contributed by atoms with Gasteiger partial charge in [0.25, 0.3) is 0 Å². The largest absolute Gasteiger partial charge is 0.461 e. The van der Waals surface area contributed by atoms with E-state index in [0.29, 0.717) is 5.69 Å². The number of nitrogen functional groups attached to an aromatic ring is 1. The molecule has 0 aliphatic carbocycles. The average Bonchev–Trinajstić information content (AvgIpc) is 2.87. The lowest BCUT2D eigenvalue weighted by atomic mass is 9.92. The maximum Gasteiger partial charge on any atom is 0.338 e. The van der Waals surface area contributed by atoms with Gasteiger partial charge in [-0.1, -0.05) is 0 Å². The van der Waals surface area contributed by atoms with E-state index in [0.717, 1.165) is 4.90 Å². The Hall–Kier alpha value is -3.15. The molecule has 1 amide bonds. The van der Waals surface area contributed by atoms with Crippen LogP contribution in [0.4, 0.5) is 5.69 Å². The minimum atomic E-state index is -4.04. The standard InChI is InChI=1S/C22H28N2O9S/c1-21(2,3)20(28)33-11-32-19(27)15-22(4,5)34(29,30)17-14(16(25)24(15)17)10-31-18(26)12-6-8-13(23)9-7-12/h6-9,14-15,17H,10-11,23H2,1-5H3/t14-,15-,17+/m0/s1. The molecule has 0 radical (unpaired) electrons. The second kappa shape index (κ2) is 8.57. The zero-order valence-corrected chi connectivity index (χ0v) is 20.4. The lowest BCUT2D eigenvalue weighted by Gasteiger charge is -2.42. The number of nitrogens with two attached hydrogens (primary N) is 1. The minimum absolute atomic E-state index is 0.193. The number of esters is 3. The third kappa shape index (κ3) is 4.22. The molecule has 11 nitrogen and oxygen atoms in total. The second-order valence-electron chi connectivity index (χ2n) is 9.78. The molecule has 2 aliphatic rings. The highest BCUT2D eigenvalue weighted by Gasteiger charge is 2.72. The van der Waals surface area contributed by atoms with Gasteiger partial charge in [0.2, 0.25) is 12.7 Å². The topological polar surface area (TPSA) is 159 Å². The summed E-state index contributed by atoms with van der Waals surface area (Å²) in [6.45, 7) is 6.31. The summed E-state index contributed by atoms with van der Waals surface area (Å²) in [5.41, 5.74) is 5.40. The number of carbonyl (C=O) groups excluding carboxylic acids is 4. The van der Waals surface area contributed by atoms with Crippen molar-refractivity contribution in [3.8, 4) is 0 Å². The van der Waals surface area contributed by atoms with Crippen LogP contribution in [0.1, 0.15) is 45.0 Å². The molecular formula is C22H28N2O9S. The van der Waals surface area contributed by atoms with E-state index < -0.39 is 74.5 Å². The van der Waals surface area contributed by atoms with Crippen molar-refractivity contribution in [1.29, 1.82) is 0 Å². The van der Waals surface area contributed by atoms with Crippen molar-refractivity contribution >= 4 is 39.3 Å². The van der Waals surface area contributed by atoms with E-state index in [1.54, 1.807) is 20.8 Å². The van der Waals surface area contributed by atoms with Gasteiger partial charge in [0.1, 0.15) is 18.6 Å². The van der Waals surface area contributed by atoms with E-state index in [2.05, 4.69) is 0 Å². The molecule has 186 valence electrons. The summed E-state index contributed by atoms with van der Waals surface area (Å²) in [5.74, 6) is -4.17. The van der Waals surface area contributed by atoms with Crippen LogP contribution in [-0.4, -0.2) is 66.7 Å². The molecule has 0 aromatic heterocycles. The Morgan fingerprint density at radius 2 is 1.65 bits per heavy atom. The quantitative estimate of drug-likeness (QED) is 0.259. The molecule has 3 rings (SSSR count). The number of amides is 1. The van der Waals surface area contributed by atoms with E-state index in [1.807, 2.05) is 0 Å². The van der Waals surface area contributed by atoms with Crippen LogP contribution >= 0.6 is 0 Å². The van der Waals surface area contributed by atoms with Gasteiger partial charge in [0, 0.05) is 5.69 Å². The number of benzene rings is 1. The summed E-state index contributed by atoms with van der Waals surface area (Å²) in [6, 6.07) is 4.46. The van der Waals surface area contributed by atoms with E-state index >= 15 is 0 Å². The fourth-order valence-electron chi connectivity index (χ4n) is 3.85. The number of fused-ring (bicyclic) bond motifs is 1.